The highest BCUT2D eigenvalue weighted by Gasteiger charge is 2.47. The van der Waals surface area contributed by atoms with Gasteiger partial charge in [-0.15, -0.1) is 0 Å². The van der Waals surface area contributed by atoms with Crippen molar-refractivity contribution in [1.29, 1.82) is 0 Å². The van der Waals surface area contributed by atoms with Gasteiger partial charge in [-0.05, 0) is 31.4 Å². The lowest BCUT2D eigenvalue weighted by molar-refractivity contribution is -0.126. The Labute approximate surface area is 153 Å². The van der Waals surface area contributed by atoms with Crippen LogP contribution >= 0.6 is 0 Å². The van der Waals surface area contributed by atoms with Crippen LogP contribution in [0.1, 0.15) is 36.9 Å². The first-order chi connectivity index (χ1) is 12.3. The molecule has 2 aliphatic rings. The van der Waals surface area contributed by atoms with Crippen LogP contribution in [-0.2, 0) is 25.7 Å². The van der Waals surface area contributed by atoms with Crippen LogP contribution < -0.4 is 16.4 Å². The minimum atomic E-state index is -1.35. The minimum Gasteiger partial charge on any atom is -0.443 e. The van der Waals surface area contributed by atoms with E-state index < -0.39 is 40.1 Å². The van der Waals surface area contributed by atoms with Gasteiger partial charge >= 0.3 is 6.09 Å². The van der Waals surface area contributed by atoms with Gasteiger partial charge in [-0.25, -0.2) is 9.18 Å². The van der Waals surface area contributed by atoms with Gasteiger partial charge in [0.15, 0.2) is 0 Å². The van der Waals surface area contributed by atoms with Crippen LogP contribution in [0.3, 0.4) is 0 Å². The summed E-state index contributed by atoms with van der Waals surface area (Å²) in [5.74, 6) is -0.246. The molecule has 0 aliphatic carbocycles. The molecular weight excluding hydrogens is 361 g/mol. The molecule has 2 fully saturated rings. The average Bonchev–Trinajstić information content (AvgIpc) is 2.92. The zero-order valence-corrected chi connectivity index (χ0v) is 15.2. The molecule has 2 heterocycles. The number of amides is 2. The number of halogens is 1. The number of nitrogens with two attached hydrogens (primary N) is 1. The van der Waals surface area contributed by atoms with Crippen molar-refractivity contribution < 1.29 is 22.9 Å². The third kappa shape index (κ3) is 3.45. The van der Waals surface area contributed by atoms with Crippen molar-refractivity contribution in [3.8, 4) is 0 Å². The topological polar surface area (TPSA) is 111 Å². The first-order valence-electron chi connectivity index (χ1n) is 8.45. The third-order valence-corrected chi connectivity index (χ3v) is 6.40. The summed E-state index contributed by atoms with van der Waals surface area (Å²) in [4.78, 5) is 23.5. The lowest BCUT2D eigenvalue weighted by atomic mass is 9.76. The number of alkyl carbamates (subject to hydrolysis) is 1. The van der Waals surface area contributed by atoms with E-state index in [1.165, 1.54) is 6.07 Å². The summed E-state index contributed by atoms with van der Waals surface area (Å²) in [6.07, 6.45) is -0.0145. The zero-order chi connectivity index (χ0) is 18.9. The number of ether oxygens (including phenoxy) is 1. The molecule has 0 radical (unpaired) electrons. The molecule has 7 nitrogen and oxygen atoms in total. The van der Waals surface area contributed by atoms with Gasteiger partial charge in [0.05, 0.1) is 12.4 Å². The Morgan fingerprint density at radius 1 is 1.46 bits per heavy atom. The van der Waals surface area contributed by atoms with E-state index in [2.05, 4.69) is 10.6 Å². The van der Waals surface area contributed by atoms with Crippen LogP contribution in [0.15, 0.2) is 18.2 Å². The minimum absolute atomic E-state index is 0.123. The lowest BCUT2D eigenvalue weighted by Gasteiger charge is -2.31. The second-order valence-electron chi connectivity index (χ2n) is 6.76. The van der Waals surface area contributed by atoms with Crippen molar-refractivity contribution in [2.45, 2.75) is 37.3 Å². The summed E-state index contributed by atoms with van der Waals surface area (Å²) in [7, 11) is -0.939. The summed E-state index contributed by atoms with van der Waals surface area (Å²) >= 11 is 0. The van der Waals surface area contributed by atoms with E-state index in [4.69, 9.17) is 10.5 Å². The van der Waals surface area contributed by atoms with Gasteiger partial charge in [-0.1, -0.05) is 12.1 Å². The van der Waals surface area contributed by atoms with E-state index in [1.807, 2.05) is 0 Å². The van der Waals surface area contributed by atoms with Crippen LogP contribution in [0.2, 0.25) is 0 Å². The number of rotatable bonds is 4. The van der Waals surface area contributed by atoms with Gasteiger partial charge in [0.1, 0.15) is 17.3 Å². The van der Waals surface area contributed by atoms with Gasteiger partial charge < -0.3 is 15.8 Å². The van der Waals surface area contributed by atoms with Crippen molar-refractivity contribution >= 4 is 22.8 Å². The number of carbonyl (C=O) groups is 2. The number of hydrogen-bond acceptors (Lipinski definition) is 5. The van der Waals surface area contributed by atoms with Gasteiger partial charge in [0.25, 0.3) is 0 Å². The summed E-state index contributed by atoms with van der Waals surface area (Å²) in [6.45, 7) is 1.67. The maximum atomic E-state index is 14.8. The number of cyclic esters (lactones) is 1. The van der Waals surface area contributed by atoms with Crippen LogP contribution in [0, 0.1) is 5.82 Å². The second-order valence-corrected chi connectivity index (χ2v) is 8.34. The zero-order valence-electron chi connectivity index (χ0n) is 14.4. The van der Waals surface area contributed by atoms with E-state index in [0.717, 1.165) is 6.42 Å². The summed E-state index contributed by atoms with van der Waals surface area (Å²) in [6, 6.07) is 4.29. The normalized spacial score (nSPS) is 28.5. The Bertz CT molecular complexity index is 760. The highest BCUT2D eigenvalue weighted by Crippen LogP contribution is 2.34. The Hall–Kier alpha value is -2.00. The molecule has 2 saturated heterocycles. The maximum Gasteiger partial charge on any atom is 0.407 e. The largest absolute Gasteiger partial charge is 0.443 e. The van der Waals surface area contributed by atoms with Crippen molar-refractivity contribution in [2.24, 2.45) is 5.73 Å². The standard InChI is InChI=1S/C17H22FN3O4S/c1-17(15(19)22,14-8-20-16(23)25-14)10-4-5-11(12(18)7-10)13-3-2-6-26(24)9-21-13/h4-5,7,13-14,21H,2-3,6,8-9H2,1H3,(H2,19,22)(H,20,23). The van der Waals surface area contributed by atoms with Crippen LogP contribution in [-0.4, -0.2) is 40.5 Å². The third-order valence-electron chi connectivity index (χ3n) is 5.17. The summed E-state index contributed by atoms with van der Waals surface area (Å²) in [5.41, 5.74) is 5.03. The molecule has 0 bridgehead atoms. The lowest BCUT2D eigenvalue weighted by Crippen LogP contribution is -2.49. The molecule has 4 unspecified atom stereocenters. The fraction of sp³-hybridized carbons (Fsp3) is 0.529. The van der Waals surface area contributed by atoms with Gasteiger partial charge in [0, 0.05) is 28.2 Å². The van der Waals surface area contributed by atoms with Crippen molar-refractivity contribution in [3.63, 3.8) is 0 Å². The number of hydrogen-bond donors (Lipinski definition) is 3. The number of primary amides is 1. The highest BCUT2D eigenvalue weighted by molar-refractivity contribution is 7.84. The molecule has 142 valence electrons. The van der Waals surface area contributed by atoms with Gasteiger partial charge in [0.2, 0.25) is 5.91 Å². The number of nitrogens with one attached hydrogen (secondary N) is 2. The van der Waals surface area contributed by atoms with Crippen LogP contribution in [0.25, 0.3) is 0 Å². The SMILES string of the molecule is CC(C(N)=O)(c1ccc(C2CCCS(=O)CN2)c(F)c1)C1CNC(=O)O1. The molecular formula is C17H22FN3O4S. The Balaban J connectivity index is 1.91. The highest BCUT2D eigenvalue weighted by atomic mass is 32.2. The fourth-order valence-corrected chi connectivity index (χ4v) is 4.43. The van der Waals surface area contributed by atoms with Gasteiger partial charge in [-0.3, -0.25) is 14.3 Å². The van der Waals surface area contributed by atoms with E-state index >= 15 is 0 Å². The fourth-order valence-electron chi connectivity index (χ4n) is 3.41. The predicted octanol–water partition coefficient (Wildman–Crippen LogP) is 0.808. The molecule has 0 saturated carbocycles. The summed E-state index contributed by atoms with van der Waals surface area (Å²) in [5, 5.41) is 5.61. The quantitative estimate of drug-likeness (QED) is 0.713. The molecule has 0 aromatic heterocycles. The summed E-state index contributed by atoms with van der Waals surface area (Å²) < 4.78 is 31.6. The number of benzene rings is 1. The molecule has 4 atom stereocenters. The molecule has 2 amide bonds. The molecule has 4 N–H and O–H groups in total. The van der Waals surface area contributed by atoms with Crippen molar-refractivity contribution in [2.75, 3.05) is 18.2 Å². The van der Waals surface area contributed by atoms with E-state index in [1.54, 1.807) is 19.1 Å². The molecule has 3 rings (SSSR count). The van der Waals surface area contributed by atoms with Crippen molar-refractivity contribution in [3.05, 3.63) is 35.1 Å². The monoisotopic (exact) mass is 383 g/mol. The maximum absolute atomic E-state index is 14.8. The van der Waals surface area contributed by atoms with E-state index in [0.29, 0.717) is 29.2 Å². The van der Waals surface area contributed by atoms with E-state index in [9.17, 15) is 18.2 Å². The predicted molar refractivity (Wildman–Crippen MR) is 94.2 cm³/mol. The van der Waals surface area contributed by atoms with Crippen LogP contribution in [0.5, 0.6) is 0 Å². The first-order valence-corrected chi connectivity index (χ1v) is 9.94. The Morgan fingerprint density at radius 3 is 2.85 bits per heavy atom. The molecule has 2 aliphatic heterocycles. The number of carbonyl (C=O) groups excluding carboxylic acids is 2. The molecule has 26 heavy (non-hydrogen) atoms. The molecule has 9 heteroatoms. The average molecular weight is 383 g/mol. The molecule has 1 aromatic carbocycles. The molecule has 0 spiro atoms. The van der Waals surface area contributed by atoms with E-state index in [-0.39, 0.29) is 12.6 Å². The van der Waals surface area contributed by atoms with Crippen molar-refractivity contribution in [1.82, 2.24) is 10.6 Å². The van der Waals surface area contributed by atoms with Gasteiger partial charge in [-0.2, -0.15) is 0 Å². The Morgan fingerprint density at radius 2 is 2.23 bits per heavy atom. The molecule has 1 aromatic rings. The first kappa shape index (κ1) is 18.8. The van der Waals surface area contributed by atoms with Crippen LogP contribution in [0.4, 0.5) is 9.18 Å². The smallest absolute Gasteiger partial charge is 0.407 e. The second kappa shape index (κ2) is 7.32. The Kier molecular flexibility index (Phi) is 5.29.